The summed E-state index contributed by atoms with van der Waals surface area (Å²) >= 11 is 0. The van der Waals surface area contributed by atoms with Crippen LogP contribution in [0.3, 0.4) is 0 Å². The molecule has 0 spiro atoms. The van der Waals surface area contributed by atoms with E-state index >= 15 is 0 Å². The van der Waals surface area contributed by atoms with Crippen LogP contribution < -0.4 is 9.64 Å². The summed E-state index contributed by atoms with van der Waals surface area (Å²) in [4.78, 5) is 17.0. The van der Waals surface area contributed by atoms with Gasteiger partial charge in [-0.2, -0.15) is 4.39 Å². The third kappa shape index (κ3) is 2.54. The molecule has 1 aromatic heterocycles. The minimum absolute atomic E-state index is 0.0732. The molecule has 0 bridgehead atoms. The zero-order valence-corrected chi connectivity index (χ0v) is 10.6. The lowest BCUT2D eigenvalue weighted by Crippen LogP contribution is -2.27. The number of para-hydroxylation sites is 2. The summed E-state index contributed by atoms with van der Waals surface area (Å²) in [6, 6.07) is 9.96. The molecule has 98 valence electrons. The minimum Gasteiger partial charge on any atom is -0.495 e. The average molecular weight is 260 g/mol. The lowest BCUT2D eigenvalue weighted by atomic mass is 10.2. The standard InChI is InChI=1S/C14H13FN2O2/c1-17(11-7-3-4-8-12(11)19-2)14(18)10-6-5-9-16-13(10)15/h3-9H,1-2H3. The van der Waals surface area contributed by atoms with Crippen molar-refractivity contribution in [2.45, 2.75) is 0 Å². The smallest absolute Gasteiger partial charge is 0.262 e. The van der Waals surface area contributed by atoms with Gasteiger partial charge < -0.3 is 9.64 Å². The summed E-state index contributed by atoms with van der Waals surface area (Å²) < 4.78 is 18.7. The number of aromatic nitrogens is 1. The van der Waals surface area contributed by atoms with Gasteiger partial charge in [0.2, 0.25) is 5.95 Å². The number of hydrogen-bond donors (Lipinski definition) is 0. The number of pyridine rings is 1. The normalized spacial score (nSPS) is 10.1. The van der Waals surface area contributed by atoms with Gasteiger partial charge in [0.15, 0.2) is 0 Å². The number of halogens is 1. The van der Waals surface area contributed by atoms with Gasteiger partial charge in [0.05, 0.1) is 18.4 Å². The molecular weight excluding hydrogens is 247 g/mol. The molecule has 2 aromatic rings. The van der Waals surface area contributed by atoms with Gasteiger partial charge in [0, 0.05) is 13.2 Å². The number of carbonyl (C=O) groups excluding carboxylic acids is 1. The molecule has 0 aliphatic carbocycles. The molecule has 5 heteroatoms. The summed E-state index contributed by atoms with van der Waals surface area (Å²) in [7, 11) is 3.08. The highest BCUT2D eigenvalue weighted by Crippen LogP contribution is 2.27. The van der Waals surface area contributed by atoms with Crippen LogP contribution in [0.2, 0.25) is 0 Å². The Morgan fingerprint density at radius 3 is 2.68 bits per heavy atom. The van der Waals surface area contributed by atoms with Gasteiger partial charge >= 0.3 is 0 Å². The van der Waals surface area contributed by atoms with Crippen LogP contribution in [0.15, 0.2) is 42.6 Å². The van der Waals surface area contributed by atoms with E-state index in [9.17, 15) is 9.18 Å². The van der Waals surface area contributed by atoms with E-state index in [1.807, 2.05) is 0 Å². The fraction of sp³-hybridized carbons (Fsp3) is 0.143. The topological polar surface area (TPSA) is 42.4 Å². The molecule has 2 rings (SSSR count). The maximum absolute atomic E-state index is 13.5. The van der Waals surface area contributed by atoms with Crippen LogP contribution in [0.4, 0.5) is 10.1 Å². The number of ether oxygens (including phenoxy) is 1. The SMILES string of the molecule is COc1ccccc1N(C)C(=O)c1cccnc1F. The largest absolute Gasteiger partial charge is 0.495 e. The maximum Gasteiger partial charge on any atom is 0.262 e. The van der Waals surface area contributed by atoms with Crippen molar-refractivity contribution in [3.63, 3.8) is 0 Å². The van der Waals surface area contributed by atoms with Crippen LogP contribution in [0.1, 0.15) is 10.4 Å². The Labute approximate surface area is 110 Å². The highest BCUT2D eigenvalue weighted by Gasteiger charge is 2.19. The molecular formula is C14H13FN2O2. The van der Waals surface area contributed by atoms with Gasteiger partial charge in [-0.3, -0.25) is 4.79 Å². The second-order valence-electron chi connectivity index (χ2n) is 3.88. The number of anilines is 1. The molecule has 0 unspecified atom stereocenters. The van der Waals surface area contributed by atoms with Crippen LogP contribution in [0.25, 0.3) is 0 Å². The third-order valence-electron chi connectivity index (χ3n) is 2.74. The second-order valence-corrected chi connectivity index (χ2v) is 3.88. The highest BCUT2D eigenvalue weighted by molar-refractivity contribution is 6.06. The van der Waals surface area contributed by atoms with Gasteiger partial charge in [-0.1, -0.05) is 12.1 Å². The van der Waals surface area contributed by atoms with Crippen LogP contribution in [-0.4, -0.2) is 25.0 Å². The first-order chi connectivity index (χ1) is 9.15. The zero-order chi connectivity index (χ0) is 13.8. The van der Waals surface area contributed by atoms with E-state index < -0.39 is 11.9 Å². The number of amides is 1. The first-order valence-electron chi connectivity index (χ1n) is 5.66. The van der Waals surface area contributed by atoms with Crippen LogP contribution >= 0.6 is 0 Å². The Morgan fingerprint density at radius 1 is 1.26 bits per heavy atom. The summed E-state index contributed by atoms with van der Waals surface area (Å²) in [5.41, 5.74) is 0.495. The van der Waals surface area contributed by atoms with Crippen molar-refractivity contribution in [3.05, 3.63) is 54.1 Å². The number of rotatable bonds is 3. The number of methoxy groups -OCH3 is 1. The van der Waals surface area contributed by atoms with Gasteiger partial charge in [0.1, 0.15) is 5.75 Å². The Bertz CT molecular complexity index is 602. The van der Waals surface area contributed by atoms with E-state index in [0.29, 0.717) is 11.4 Å². The molecule has 19 heavy (non-hydrogen) atoms. The van der Waals surface area contributed by atoms with Crippen molar-refractivity contribution in [1.82, 2.24) is 4.98 Å². The van der Waals surface area contributed by atoms with Crippen LogP contribution in [-0.2, 0) is 0 Å². The molecule has 1 amide bonds. The van der Waals surface area contributed by atoms with Crippen molar-refractivity contribution < 1.29 is 13.9 Å². The molecule has 0 saturated heterocycles. The Kier molecular flexibility index (Phi) is 3.75. The van der Waals surface area contributed by atoms with Gasteiger partial charge in [-0.15, -0.1) is 0 Å². The molecule has 0 N–H and O–H groups in total. The fourth-order valence-electron chi connectivity index (χ4n) is 1.74. The molecule has 0 atom stereocenters. The number of nitrogens with zero attached hydrogens (tertiary/aromatic N) is 2. The molecule has 4 nitrogen and oxygen atoms in total. The van der Waals surface area contributed by atoms with Gasteiger partial charge in [-0.25, -0.2) is 4.98 Å². The van der Waals surface area contributed by atoms with Crippen molar-refractivity contribution in [3.8, 4) is 5.75 Å². The van der Waals surface area contributed by atoms with Crippen molar-refractivity contribution in [2.75, 3.05) is 19.1 Å². The van der Waals surface area contributed by atoms with E-state index in [1.54, 1.807) is 31.3 Å². The van der Waals surface area contributed by atoms with Gasteiger partial charge in [0.25, 0.3) is 5.91 Å². The van der Waals surface area contributed by atoms with Gasteiger partial charge in [-0.05, 0) is 24.3 Å². The number of benzene rings is 1. The molecule has 0 saturated carbocycles. The van der Waals surface area contributed by atoms with Crippen LogP contribution in [0, 0.1) is 5.95 Å². The van der Waals surface area contributed by atoms with Crippen molar-refractivity contribution in [1.29, 1.82) is 0 Å². The first kappa shape index (κ1) is 13.0. The minimum atomic E-state index is -0.783. The number of hydrogen-bond acceptors (Lipinski definition) is 3. The quantitative estimate of drug-likeness (QED) is 0.796. The molecule has 1 aromatic carbocycles. The molecule has 0 aliphatic heterocycles. The van der Waals surface area contributed by atoms with E-state index in [0.717, 1.165) is 0 Å². The molecule has 0 fully saturated rings. The lowest BCUT2D eigenvalue weighted by molar-refractivity contribution is 0.0987. The van der Waals surface area contributed by atoms with E-state index in [2.05, 4.69) is 4.98 Å². The Morgan fingerprint density at radius 2 is 2.00 bits per heavy atom. The second kappa shape index (κ2) is 5.48. The van der Waals surface area contributed by atoms with Crippen LogP contribution in [0.5, 0.6) is 5.75 Å². The Balaban J connectivity index is 2.37. The van der Waals surface area contributed by atoms with E-state index in [4.69, 9.17) is 4.74 Å². The summed E-state index contributed by atoms with van der Waals surface area (Å²) in [6.07, 6.45) is 1.30. The Hall–Kier alpha value is -2.43. The zero-order valence-electron chi connectivity index (χ0n) is 10.6. The lowest BCUT2D eigenvalue weighted by Gasteiger charge is -2.19. The predicted molar refractivity (Wildman–Crippen MR) is 69.9 cm³/mol. The maximum atomic E-state index is 13.5. The summed E-state index contributed by atoms with van der Waals surface area (Å²) in [5.74, 6) is -0.716. The van der Waals surface area contributed by atoms with E-state index in [1.165, 1.54) is 30.3 Å². The highest BCUT2D eigenvalue weighted by atomic mass is 19.1. The summed E-state index contributed by atoms with van der Waals surface area (Å²) in [6.45, 7) is 0. The fourth-order valence-corrected chi connectivity index (χ4v) is 1.74. The predicted octanol–water partition coefficient (Wildman–Crippen LogP) is 2.51. The number of carbonyl (C=O) groups is 1. The third-order valence-corrected chi connectivity index (χ3v) is 2.74. The first-order valence-corrected chi connectivity index (χ1v) is 5.66. The van der Waals surface area contributed by atoms with E-state index in [-0.39, 0.29) is 5.56 Å². The van der Waals surface area contributed by atoms with Crippen molar-refractivity contribution >= 4 is 11.6 Å². The molecule has 0 aliphatic rings. The summed E-state index contributed by atoms with van der Waals surface area (Å²) in [5, 5.41) is 0. The monoisotopic (exact) mass is 260 g/mol. The van der Waals surface area contributed by atoms with Crippen molar-refractivity contribution in [2.24, 2.45) is 0 Å². The average Bonchev–Trinajstić information content (AvgIpc) is 2.46. The molecule has 1 heterocycles. The molecule has 0 radical (unpaired) electrons.